The number of hydrogen-bond donors (Lipinski definition) is 5. The fourth-order valence-corrected chi connectivity index (χ4v) is 6.20. The van der Waals surface area contributed by atoms with Gasteiger partial charge in [-0.2, -0.15) is 8.78 Å². The molecule has 0 saturated carbocycles. The van der Waals surface area contributed by atoms with Crippen LogP contribution in [-0.2, 0) is 12.3 Å². The smallest absolute Gasteiger partial charge is 0.290 e. The molecule has 1 aliphatic heterocycles. The van der Waals surface area contributed by atoms with Crippen LogP contribution in [0, 0.1) is 12.7 Å². The van der Waals surface area contributed by atoms with Crippen LogP contribution >= 0.6 is 0 Å². The van der Waals surface area contributed by atoms with Crippen LogP contribution in [-0.4, -0.2) is 39.0 Å². The number of aryl methyl sites for hydroxylation is 1. The molecule has 8 nitrogen and oxygen atoms in total. The molecule has 2 aromatic heterocycles. The minimum absolute atomic E-state index is 0.00214. The number of phenolic OH excluding ortho intramolecular Hbond substituents is 1. The maximum Gasteiger partial charge on any atom is 0.290 e. The van der Waals surface area contributed by atoms with Gasteiger partial charge in [0.05, 0.1) is 22.5 Å². The minimum Gasteiger partial charge on any atom is -0.507 e. The molecule has 0 aliphatic carbocycles. The Balaban J connectivity index is 1.34. The van der Waals surface area contributed by atoms with E-state index in [1.807, 2.05) is 45.0 Å². The molecule has 49 heavy (non-hydrogen) atoms. The van der Waals surface area contributed by atoms with Gasteiger partial charge in [0, 0.05) is 54.0 Å². The van der Waals surface area contributed by atoms with E-state index < -0.39 is 41.2 Å². The summed E-state index contributed by atoms with van der Waals surface area (Å²) in [6.45, 7) is 5.54. The van der Waals surface area contributed by atoms with E-state index in [4.69, 9.17) is 0 Å². The topological polar surface area (TPSA) is 119 Å². The summed E-state index contributed by atoms with van der Waals surface area (Å²) in [4.78, 5) is 33.7. The van der Waals surface area contributed by atoms with Crippen molar-refractivity contribution in [2.24, 2.45) is 0 Å². The Bertz CT molecular complexity index is 2020. The van der Waals surface area contributed by atoms with Crippen molar-refractivity contribution in [2.45, 2.75) is 51.0 Å². The molecule has 1 atom stereocenters. The average Bonchev–Trinajstić information content (AvgIpc) is 3.41. The minimum atomic E-state index is -3.50. The summed E-state index contributed by atoms with van der Waals surface area (Å²) in [5.41, 5.74) is 3.48. The van der Waals surface area contributed by atoms with Crippen LogP contribution in [0.4, 0.5) is 24.5 Å². The third-order valence-electron chi connectivity index (χ3n) is 8.71. The van der Waals surface area contributed by atoms with Gasteiger partial charge in [-0.05, 0) is 74.4 Å². The number of pyridine rings is 1. The number of halogens is 3. The third kappa shape index (κ3) is 7.15. The molecule has 0 saturated heterocycles. The van der Waals surface area contributed by atoms with Gasteiger partial charge in [-0.3, -0.25) is 14.6 Å². The highest BCUT2D eigenvalue weighted by Gasteiger charge is 2.39. The van der Waals surface area contributed by atoms with Gasteiger partial charge in [0.2, 0.25) is 0 Å². The number of anilines is 2. The zero-order chi connectivity index (χ0) is 34.9. The summed E-state index contributed by atoms with van der Waals surface area (Å²) < 4.78 is 46.4. The molecule has 2 amide bonds. The molecule has 11 heteroatoms. The normalized spacial score (nSPS) is 14.4. The fourth-order valence-electron chi connectivity index (χ4n) is 6.20. The lowest BCUT2D eigenvalue weighted by molar-refractivity contribution is -0.0245. The molecule has 252 valence electrons. The van der Waals surface area contributed by atoms with Crippen molar-refractivity contribution >= 4 is 23.2 Å². The van der Waals surface area contributed by atoms with Gasteiger partial charge < -0.3 is 26.0 Å². The number of amides is 2. The Morgan fingerprint density at radius 3 is 2.49 bits per heavy atom. The highest BCUT2D eigenvalue weighted by atomic mass is 19.3. The highest BCUT2D eigenvalue weighted by Crippen LogP contribution is 2.42. The van der Waals surface area contributed by atoms with E-state index in [1.54, 1.807) is 18.2 Å². The summed E-state index contributed by atoms with van der Waals surface area (Å²) in [7, 11) is 0. The molecule has 6 rings (SSSR count). The summed E-state index contributed by atoms with van der Waals surface area (Å²) in [5, 5.41) is 19.1. The number of H-pyrrole nitrogens is 1. The van der Waals surface area contributed by atoms with E-state index in [1.165, 1.54) is 48.7 Å². The lowest BCUT2D eigenvalue weighted by atomic mass is 9.90. The van der Waals surface area contributed by atoms with Crippen molar-refractivity contribution in [1.82, 2.24) is 20.6 Å². The number of alkyl halides is 2. The van der Waals surface area contributed by atoms with Gasteiger partial charge in [0.25, 0.3) is 17.7 Å². The average molecular weight is 668 g/mol. The van der Waals surface area contributed by atoms with E-state index in [9.17, 15) is 19.1 Å². The zero-order valence-corrected chi connectivity index (χ0v) is 27.2. The summed E-state index contributed by atoms with van der Waals surface area (Å²) in [6, 6.07) is 21.6. The van der Waals surface area contributed by atoms with Gasteiger partial charge in [0.15, 0.2) is 0 Å². The van der Waals surface area contributed by atoms with Gasteiger partial charge in [-0.1, -0.05) is 42.5 Å². The Labute approximate surface area is 281 Å². The van der Waals surface area contributed by atoms with Crippen LogP contribution in [0.1, 0.15) is 69.4 Å². The maximum absolute atomic E-state index is 16.3. The first-order valence-electron chi connectivity index (χ1n) is 15.9. The number of carbonyl (C=O) groups excluding carboxylic acids is 2. The van der Waals surface area contributed by atoms with Gasteiger partial charge in [-0.15, -0.1) is 0 Å². The number of carbonyl (C=O) groups is 2. The molecule has 0 radical (unpaired) electrons. The van der Waals surface area contributed by atoms with Crippen molar-refractivity contribution in [2.75, 3.05) is 11.9 Å². The van der Waals surface area contributed by atoms with E-state index >= 15 is 8.78 Å². The lowest BCUT2D eigenvalue weighted by Crippen LogP contribution is -2.49. The lowest BCUT2D eigenvalue weighted by Gasteiger charge is -2.30. The van der Waals surface area contributed by atoms with Gasteiger partial charge >= 0.3 is 0 Å². The van der Waals surface area contributed by atoms with Crippen molar-refractivity contribution in [3.05, 3.63) is 131 Å². The monoisotopic (exact) mass is 667 g/mol. The second-order valence-electron chi connectivity index (χ2n) is 13.0. The second kappa shape index (κ2) is 13.1. The molecule has 0 fully saturated rings. The number of para-hydroxylation sites is 2. The number of rotatable bonds is 10. The van der Waals surface area contributed by atoms with E-state index in [-0.39, 0.29) is 23.8 Å². The number of aromatic amines is 1. The van der Waals surface area contributed by atoms with E-state index in [2.05, 4.69) is 25.9 Å². The van der Waals surface area contributed by atoms with Crippen LogP contribution in [0.2, 0.25) is 0 Å². The van der Waals surface area contributed by atoms with Crippen molar-refractivity contribution in [1.29, 1.82) is 0 Å². The van der Waals surface area contributed by atoms with E-state index in [0.29, 0.717) is 40.2 Å². The maximum atomic E-state index is 16.3. The van der Waals surface area contributed by atoms with Crippen molar-refractivity contribution in [3.63, 3.8) is 0 Å². The fraction of sp³-hybridized carbons (Fsp3) is 0.237. The molecule has 3 aromatic carbocycles. The standard InChI is InChI=1S/C38H36F3N5O3/c1-22-8-4-6-10-28(22)44-34-32-29(20-37(2,3)46-36(32)49)45-33(34)24-16-17-42-31(18-24)38(40,41)19-25(23-12-14-26(39)15-13-23)21-43-35(48)27-9-5-7-11-30(27)47/h4-18,25,44-45,47H,19-21H2,1-3H3,(H,43,48)(H,46,49). The predicted octanol–water partition coefficient (Wildman–Crippen LogP) is 7.73. The van der Waals surface area contributed by atoms with Gasteiger partial charge in [0.1, 0.15) is 17.3 Å². The number of hydrogen-bond acceptors (Lipinski definition) is 5. The molecule has 1 unspecified atom stereocenters. The highest BCUT2D eigenvalue weighted by molar-refractivity contribution is 6.06. The Kier molecular flexibility index (Phi) is 8.94. The van der Waals surface area contributed by atoms with Crippen LogP contribution in [0.25, 0.3) is 11.3 Å². The van der Waals surface area contributed by atoms with Crippen LogP contribution < -0.4 is 16.0 Å². The van der Waals surface area contributed by atoms with E-state index in [0.717, 1.165) is 11.3 Å². The largest absolute Gasteiger partial charge is 0.507 e. The number of fused-ring (bicyclic) bond motifs is 1. The summed E-state index contributed by atoms with van der Waals surface area (Å²) >= 11 is 0. The first-order chi connectivity index (χ1) is 23.3. The van der Waals surface area contributed by atoms with Crippen molar-refractivity contribution in [3.8, 4) is 17.0 Å². The number of phenols is 1. The SMILES string of the molecule is Cc1ccccc1Nc1c(-c2ccnc(C(F)(F)CC(CNC(=O)c3ccccc3O)c3ccc(F)cc3)c2)[nH]c2c1C(=O)NC(C)(C)C2. The zero-order valence-electron chi connectivity index (χ0n) is 27.2. The number of nitrogens with zero attached hydrogens (tertiary/aromatic N) is 1. The molecule has 5 aromatic rings. The van der Waals surface area contributed by atoms with Gasteiger partial charge in [-0.25, -0.2) is 4.39 Å². The Morgan fingerprint density at radius 1 is 1.04 bits per heavy atom. The summed E-state index contributed by atoms with van der Waals surface area (Å²) in [6.07, 6.45) is 1.03. The molecule has 5 N–H and O–H groups in total. The van der Waals surface area contributed by atoms with Crippen molar-refractivity contribution < 1.29 is 27.9 Å². The molecular weight excluding hydrogens is 631 g/mol. The second-order valence-corrected chi connectivity index (χ2v) is 13.0. The number of aromatic nitrogens is 2. The molecule has 0 bridgehead atoms. The predicted molar refractivity (Wildman–Crippen MR) is 182 cm³/mol. The molecule has 0 spiro atoms. The first kappa shape index (κ1) is 33.3. The number of nitrogens with one attached hydrogen (secondary N) is 4. The van der Waals surface area contributed by atoms with Crippen LogP contribution in [0.5, 0.6) is 5.75 Å². The molecular formula is C38H36F3N5O3. The van der Waals surface area contributed by atoms with Crippen LogP contribution in [0.3, 0.4) is 0 Å². The summed E-state index contributed by atoms with van der Waals surface area (Å²) in [5.74, 6) is -6.12. The Hall–Kier alpha value is -5.58. The quantitative estimate of drug-likeness (QED) is 0.104. The number of aromatic hydroxyl groups is 1. The third-order valence-corrected chi connectivity index (χ3v) is 8.71. The number of benzene rings is 3. The molecule has 3 heterocycles. The van der Waals surface area contributed by atoms with Crippen LogP contribution in [0.15, 0.2) is 91.1 Å². The Morgan fingerprint density at radius 2 is 1.76 bits per heavy atom. The first-order valence-corrected chi connectivity index (χ1v) is 15.9. The molecule has 1 aliphatic rings.